The minimum absolute atomic E-state index is 0.113. The van der Waals surface area contributed by atoms with Crippen LogP contribution in [-0.2, 0) is 29.0 Å². The molecule has 2 heterocycles. The van der Waals surface area contributed by atoms with Gasteiger partial charge in [0.2, 0.25) is 0 Å². The van der Waals surface area contributed by atoms with E-state index in [9.17, 15) is 14.4 Å². The molecule has 0 fully saturated rings. The Hall–Kier alpha value is -3.79. The van der Waals surface area contributed by atoms with Gasteiger partial charge in [0.15, 0.2) is 0 Å². The van der Waals surface area contributed by atoms with E-state index in [0.717, 1.165) is 22.4 Å². The molecule has 0 radical (unpaired) electrons. The topological polar surface area (TPSA) is 134 Å². The van der Waals surface area contributed by atoms with Gasteiger partial charge in [-0.05, 0) is 52.5 Å². The average molecular weight is 553 g/mol. The second-order valence-electron chi connectivity index (χ2n) is 10.8. The number of benzene rings is 1. The molecule has 0 aliphatic carbocycles. The Morgan fingerprint density at radius 2 is 1.74 bits per heavy atom. The fourth-order valence-electron chi connectivity index (χ4n) is 4.00. The Balaban J connectivity index is 2.09. The number of nitrogens with two attached hydrogens (primary N) is 1. The van der Waals surface area contributed by atoms with E-state index in [2.05, 4.69) is 24.1 Å². The molecular weight excluding hydrogens is 516 g/mol. The van der Waals surface area contributed by atoms with Gasteiger partial charge in [-0.15, -0.1) is 11.3 Å². The molecule has 2 amide bonds. The first-order valence-corrected chi connectivity index (χ1v) is 13.6. The Morgan fingerprint density at radius 1 is 1.08 bits per heavy atom. The molecule has 0 aliphatic heterocycles. The van der Waals surface area contributed by atoms with Gasteiger partial charge in [-0.3, -0.25) is 9.78 Å². The number of nitrogens with one attached hydrogen (secondary N) is 1. The van der Waals surface area contributed by atoms with Crippen molar-refractivity contribution in [3.63, 3.8) is 0 Å². The van der Waals surface area contributed by atoms with Crippen LogP contribution in [0.2, 0.25) is 0 Å². The lowest BCUT2D eigenvalue weighted by molar-refractivity contribution is 0.0471. The van der Waals surface area contributed by atoms with Gasteiger partial charge in [0.25, 0.3) is 5.91 Å². The first-order valence-electron chi connectivity index (χ1n) is 12.7. The Labute approximate surface area is 233 Å². The van der Waals surface area contributed by atoms with Crippen LogP contribution in [0.25, 0.3) is 11.1 Å². The molecule has 208 valence electrons. The molecule has 0 saturated carbocycles. The molecule has 0 saturated heterocycles. The maximum atomic E-state index is 13.6. The third kappa shape index (κ3) is 8.10. The van der Waals surface area contributed by atoms with Crippen LogP contribution >= 0.6 is 11.3 Å². The number of hydrogen-bond acceptors (Lipinski definition) is 8. The second-order valence-corrected chi connectivity index (χ2v) is 11.7. The number of aryl methyl sites for hydroxylation is 2. The van der Waals surface area contributed by atoms with Crippen LogP contribution in [0.3, 0.4) is 0 Å². The zero-order valence-corrected chi connectivity index (χ0v) is 24.3. The summed E-state index contributed by atoms with van der Waals surface area (Å²) < 4.78 is 11.1. The zero-order chi connectivity index (χ0) is 28.9. The number of carbonyl (C=O) groups excluding carboxylic acids is 3. The van der Waals surface area contributed by atoms with Crippen molar-refractivity contribution >= 4 is 29.3 Å². The molecule has 3 aromatic rings. The third-order valence-corrected chi connectivity index (χ3v) is 6.47. The highest BCUT2D eigenvalue weighted by Crippen LogP contribution is 2.33. The van der Waals surface area contributed by atoms with E-state index < -0.39 is 23.6 Å². The van der Waals surface area contributed by atoms with Crippen molar-refractivity contribution in [2.24, 2.45) is 11.7 Å². The fourth-order valence-corrected chi connectivity index (χ4v) is 4.70. The highest BCUT2D eigenvalue weighted by atomic mass is 32.1. The van der Waals surface area contributed by atoms with Crippen LogP contribution in [0.5, 0.6) is 0 Å². The van der Waals surface area contributed by atoms with Gasteiger partial charge in [0, 0.05) is 28.7 Å². The van der Waals surface area contributed by atoms with Gasteiger partial charge in [-0.25, -0.2) is 14.6 Å². The van der Waals surface area contributed by atoms with Crippen molar-refractivity contribution < 1.29 is 23.9 Å². The summed E-state index contributed by atoms with van der Waals surface area (Å²) in [5, 5.41) is 4.81. The van der Waals surface area contributed by atoms with Crippen LogP contribution in [0.1, 0.15) is 83.0 Å². The monoisotopic (exact) mass is 552 g/mol. The second kappa shape index (κ2) is 12.4. The van der Waals surface area contributed by atoms with Gasteiger partial charge in [0.1, 0.15) is 22.9 Å². The number of amides is 2. The first-order chi connectivity index (χ1) is 18.2. The normalized spacial score (nSPS) is 11.4. The summed E-state index contributed by atoms with van der Waals surface area (Å²) in [6.07, 6.45) is 0.0848. The molecular formula is C29H36N4O5S. The molecule has 39 heavy (non-hydrogen) atoms. The Morgan fingerprint density at radius 3 is 2.31 bits per heavy atom. The van der Waals surface area contributed by atoms with E-state index in [1.54, 1.807) is 27.7 Å². The van der Waals surface area contributed by atoms with Crippen molar-refractivity contribution in [1.82, 2.24) is 15.3 Å². The number of rotatable bonds is 9. The lowest BCUT2D eigenvalue weighted by Crippen LogP contribution is -2.32. The van der Waals surface area contributed by atoms with E-state index in [0.29, 0.717) is 28.2 Å². The van der Waals surface area contributed by atoms with Crippen LogP contribution in [0, 0.1) is 19.8 Å². The van der Waals surface area contributed by atoms with Gasteiger partial charge in [0.05, 0.1) is 11.3 Å². The van der Waals surface area contributed by atoms with Crippen molar-refractivity contribution in [3.05, 3.63) is 68.4 Å². The molecule has 3 rings (SSSR count). The minimum Gasteiger partial charge on any atom is -0.455 e. The average Bonchev–Trinajstić information content (AvgIpc) is 3.30. The van der Waals surface area contributed by atoms with Gasteiger partial charge >= 0.3 is 12.1 Å². The zero-order valence-electron chi connectivity index (χ0n) is 23.5. The maximum Gasteiger partial charge on any atom is 0.407 e. The fraction of sp³-hybridized carbons (Fsp3) is 0.414. The summed E-state index contributed by atoms with van der Waals surface area (Å²) in [4.78, 5) is 46.4. The summed E-state index contributed by atoms with van der Waals surface area (Å²) in [5.74, 6) is -0.945. The van der Waals surface area contributed by atoms with Gasteiger partial charge in [-0.1, -0.05) is 43.7 Å². The van der Waals surface area contributed by atoms with Gasteiger partial charge in [-0.2, -0.15) is 0 Å². The summed E-state index contributed by atoms with van der Waals surface area (Å²) in [5.41, 5.74) is 9.61. The minimum atomic E-state index is -0.657. The van der Waals surface area contributed by atoms with E-state index >= 15 is 0 Å². The smallest absolute Gasteiger partial charge is 0.407 e. The van der Waals surface area contributed by atoms with E-state index in [1.165, 1.54) is 16.7 Å². The Bertz CT molecular complexity index is 1360. The number of alkyl carbamates (subject to hydrolysis) is 1. The summed E-state index contributed by atoms with van der Waals surface area (Å²) in [6.45, 7) is 13.3. The molecule has 0 spiro atoms. The molecule has 10 heteroatoms. The van der Waals surface area contributed by atoms with Crippen molar-refractivity contribution in [1.29, 1.82) is 0 Å². The maximum absolute atomic E-state index is 13.6. The van der Waals surface area contributed by atoms with Crippen LogP contribution < -0.4 is 11.1 Å². The number of primary amides is 1. The number of aromatic nitrogens is 2. The Kier molecular flexibility index (Phi) is 9.45. The van der Waals surface area contributed by atoms with Crippen molar-refractivity contribution in [2.75, 3.05) is 0 Å². The van der Waals surface area contributed by atoms with Crippen LogP contribution in [-0.4, -0.2) is 33.5 Å². The number of hydrogen-bond donors (Lipinski definition) is 2. The molecule has 3 N–H and O–H groups in total. The largest absolute Gasteiger partial charge is 0.455 e. The standard InChI is InChI=1S/C29H36N4O5S/c1-16(2)12-21-20(13-31-28(36)38-29(5,6)7)25(19-10-8-17(3)9-11-19)24(18(4)32-21)27(35)37-14-23-33-22(15-39-23)26(30)34/h8-11,15-16H,12-14H2,1-7H3,(H2,30,34)(H,31,36). The number of ether oxygens (including phenoxy) is 2. The van der Waals surface area contributed by atoms with Gasteiger partial charge < -0.3 is 20.5 Å². The third-order valence-electron chi connectivity index (χ3n) is 5.65. The number of nitrogens with zero attached hydrogens (tertiary/aromatic N) is 2. The highest BCUT2D eigenvalue weighted by Gasteiger charge is 2.26. The number of carbonyl (C=O) groups is 3. The molecule has 0 unspecified atom stereocenters. The molecule has 0 bridgehead atoms. The predicted molar refractivity (Wildman–Crippen MR) is 151 cm³/mol. The number of esters is 1. The van der Waals surface area contributed by atoms with Crippen molar-refractivity contribution in [2.45, 2.75) is 73.6 Å². The molecule has 2 aromatic heterocycles. The van der Waals surface area contributed by atoms with Crippen molar-refractivity contribution in [3.8, 4) is 11.1 Å². The highest BCUT2D eigenvalue weighted by molar-refractivity contribution is 7.09. The number of thiazole rings is 1. The SMILES string of the molecule is Cc1ccc(-c2c(CNC(=O)OC(C)(C)C)c(CC(C)C)nc(C)c2C(=O)OCc2nc(C(N)=O)cs2)cc1. The quantitative estimate of drug-likeness (QED) is 0.335. The van der Waals surface area contributed by atoms with E-state index in [-0.39, 0.29) is 24.8 Å². The van der Waals surface area contributed by atoms with E-state index in [1.807, 2.05) is 31.2 Å². The summed E-state index contributed by atoms with van der Waals surface area (Å²) in [6, 6.07) is 7.82. The predicted octanol–water partition coefficient (Wildman–Crippen LogP) is 5.50. The summed E-state index contributed by atoms with van der Waals surface area (Å²) >= 11 is 1.18. The van der Waals surface area contributed by atoms with Crippen LogP contribution in [0.15, 0.2) is 29.6 Å². The summed E-state index contributed by atoms with van der Waals surface area (Å²) in [7, 11) is 0. The molecule has 1 aromatic carbocycles. The van der Waals surface area contributed by atoms with Crippen LogP contribution in [0.4, 0.5) is 4.79 Å². The lowest BCUT2D eigenvalue weighted by atomic mass is 9.89. The number of pyridine rings is 1. The molecule has 0 atom stereocenters. The lowest BCUT2D eigenvalue weighted by Gasteiger charge is -2.23. The van der Waals surface area contributed by atoms with E-state index in [4.69, 9.17) is 20.2 Å². The molecule has 0 aliphatic rings. The molecule has 9 nitrogen and oxygen atoms in total. The first kappa shape index (κ1) is 29.8.